The van der Waals surface area contributed by atoms with Gasteiger partial charge < -0.3 is 20.5 Å². The van der Waals surface area contributed by atoms with Crippen molar-refractivity contribution < 1.29 is 15.0 Å². The number of aromatic nitrogens is 1. The first-order chi connectivity index (χ1) is 8.66. The smallest absolute Gasteiger partial charge is 0.306 e. The number of rotatable bonds is 6. The summed E-state index contributed by atoms with van der Waals surface area (Å²) < 4.78 is 0. The van der Waals surface area contributed by atoms with Crippen LogP contribution in [0.1, 0.15) is 12.0 Å². The number of hydrogen-bond acceptors (Lipinski definition) is 3. The molecule has 5 nitrogen and oxygen atoms in total. The normalized spacial score (nSPS) is 12.7. The molecule has 0 amide bonds. The van der Waals surface area contributed by atoms with Gasteiger partial charge in [0.25, 0.3) is 0 Å². The lowest BCUT2D eigenvalue weighted by molar-refractivity contribution is -0.139. The van der Waals surface area contributed by atoms with Gasteiger partial charge in [-0.15, -0.1) is 0 Å². The molecular formula is C13H16N2O3. The minimum absolute atomic E-state index is 0.235. The van der Waals surface area contributed by atoms with Gasteiger partial charge in [0.15, 0.2) is 0 Å². The minimum atomic E-state index is -0.989. The number of nitrogens with one attached hydrogen (secondary N) is 2. The lowest BCUT2D eigenvalue weighted by Gasteiger charge is -2.08. The van der Waals surface area contributed by atoms with Gasteiger partial charge in [0, 0.05) is 30.2 Å². The Morgan fingerprint density at radius 1 is 1.39 bits per heavy atom. The standard InChI is InChI=1S/C13H16N2O3/c16-10(5-13(17)18)8-14-6-9-7-15-12-4-2-1-3-11(9)12/h1-4,7,10,14-16H,5-6,8H2,(H,17,18). The molecule has 18 heavy (non-hydrogen) atoms. The third kappa shape index (κ3) is 3.09. The highest BCUT2D eigenvalue weighted by molar-refractivity contribution is 5.82. The number of carboxylic acid groups (broad SMARTS) is 1. The molecular weight excluding hydrogens is 232 g/mol. The summed E-state index contributed by atoms with van der Waals surface area (Å²) >= 11 is 0. The topological polar surface area (TPSA) is 85.3 Å². The number of carboxylic acids is 1. The summed E-state index contributed by atoms with van der Waals surface area (Å²) in [6.45, 7) is 0.868. The van der Waals surface area contributed by atoms with E-state index in [-0.39, 0.29) is 13.0 Å². The fraction of sp³-hybridized carbons (Fsp3) is 0.308. The quantitative estimate of drug-likeness (QED) is 0.616. The fourth-order valence-electron chi connectivity index (χ4n) is 1.93. The summed E-state index contributed by atoms with van der Waals surface area (Å²) in [6.07, 6.45) is 0.829. The van der Waals surface area contributed by atoms with Gasteiger partial charge in [-0.25, -0.2) is 0 Å². The first-order valence-corrected chi connectivity index (χ1v) is 5.82. The van der Waals surface area contributed by atoms with Gasteiger partial charge in [-0.05, 0) is 11.6 Å². The van der Waals surface area contributed by atoms with Gasteiger partial charge in [0.1, 0.15) is 0 Å². The Bertz CT molecular complexity index is 536. The SMILES string of the molecule is O=C(O)CC(O)CNCc1c[nH]c2ccccc12. The van der Waals surface area contributed by atoms with E-state index in [1.807, 2.05) is 30.5 Å². The number of aliphatic hydroxyl groups is 1. The molecule has 0 aliphatic rings. The zero-order chi connectivity index (χ0) is 13.0. The van der Waals surface area contributed by atoms with Gasteiger partial charge in [0.2, 0.25) is 0 Å². The molecule has 1 heterocycles. The molecule has 1 aromatic heterocycles. The molecule has 96 valence electrons. The number of fused-ring (bicyclic) bond motifs is 1. The number of H-pyrrole nitrogens is 1. The van der Waals surface area contributed by atoms with E-state index in [4.69, 9.17) is 5.11 Å². The zero-order valence-electron chi connectivity index (χ0n) is 9.89. The molecule has 0 fully saturated rings. The van der Waals surface area contributed by atoms with Crippen LogP contribution in [-0.2, 0) is 11.3 Å². The van der Waals surface area contributed by atoms with E-state index < -0.39 is 12.1 Å². The van der Waals surface area contributed by atoms with Gasteiger partial charge in [-0.3, -0.25) is 4.79 Å². The third-order valence-corrected chi connectivity index (χ3v) is 2.78. The highest BCUT2D eigenvalue weighted by atomic mass is 16.4. The average molecular weight is 248 g/mol. The van der Waals surface area contributed by atoms with Gasteiger partial charge >= 0.3 is 5.97 Å². The van der Waals surface area contributed by atoms with Crippen LogP contribution in [0.4, 0.5) is 0 Å². The molecule has 1 atom stereocenters. The van der Waals surface area contributed by atoms with Crippen LogP contribution in [0.15, 0.2) is 30.5 Å². The van der Waals surface area contributed by atoms with Crippen LogP contribution in [-0.4, -0.2) is 33.8 Å². The van der Waals surface area contributed by atoms with Crippen molar-refractivity contribution in [2.24, 2.45) is 0 Å². The molecule has 0 saturated heterocycles. The molecule has 0 saturated carbocycles. The van der Waals surface area contributed by atoms with E-state index in [2.05, 4.69) is 10.3 Å². The van der Waals surface area contributed by atoms with Crippen LogP contribution >= 0.6 is 0 Å². The van der Waals surface area contributed by atoms with E-state index in [0.29, 0.717) is 6.54 Å². The van der Waals surface area contributed by atoms with Gasteiger partial charge in [-0.1, -0.05) is 18.2 Å². The lowest BCUT2D eigenvalue weighted by Crippen LogP contribution is -2.28. The highest BCUT2D eigenvalue weighted by Gasteiger charge is 2.09. The molecule has 0 spiro atoms. The minimum Gasteiger partial charge on any atom is -0.481 e. The highest BCUT2D eigenvalue weighted by Crippen LogP contribution is 2.17. The van der Waals surface area contributed by atoms with E-state index in [0.717, 1.165) is 16.5 Å². The molecule has 0 bridgehead atoms. The second-order valence-electron chi connectivity index (χ2n) is 4.24. The summed E-state index contributed by atoms with van der Waals surface area (Å²) in [7, 11) is 0. The van der Waals surface area contributed by atoms with Crippen molar-refractivity contribution in [1.82, 2.24) is 10.3 Å². The van der Waals surface area contributed by atoms with E-state index >= 15 is 0 Å². The molecule has 0 aliphatic heterocycles. The monoisotopic (exact) mass is 248 g/mol. The maximum absolute atomic E-state index is 10.4. The molecule has 4 N–H and O–H groups in total. The zero-order valence-corrected chi connectivity index (χ0v) is 9.89. The van der Waals surface area contributed by atoms with Crippen LogP contribution in [0.3, 0.4) is 0 Å². The molecule has 2 aromatic rings. The van der Waals surface area contributed by atoms with E-state index in [9.17, 15) is 9.90 Å². The van der Waals surface area contributed by atoms with Gasteiger partial charge in [0.05, 0.1) is 12.5 Å². The largest absolute Gasteiger partial charge is 0.481 e. The molecule has 1 unspecified atom stereocenters. The Hall–Kier alpha value is -1.85. The molecule has 0 radical (unpaired) electrons. The number of para-hydroxylation sites is 1. The van der Waals surface area contributed by atoms with Crippen molar-refractivity contribution in [3.63, 3.8) is 0 Å². The second kappa shape index (κ2) is 5.66. The van der Waals surface area contributed by atoms with Crippen LogP contribution in [0, 0.1) is 0 Å². The maximum Gasteiger partial charge on any atom is 0.306 e. The van der Waals surface area contributed by atoms with E-state index in [1.54, 1.807) is 0 Å². The van der Waals surface area contributed by atoms with Crippen molar-refractivity contribution in [2.75, 3.05) is 6.54 Å². The predicted molar refractivity (Wildman–Crippen MR) is 68.3 cm³/mol. The second-order valence-corrected chi connectivity index (χ2v) is 4.24. The third-order valence-electron chi connectivity index (χ3n) is 2.78. The molecule has 1 aromatic carbocycles. The van der Waals surface area contributed by atoms with Crippen molar-refractivity contribution in [3.8, 4) is 0 Å². The fourth-order valence-corrected chi connectivity index (χ4v) is 1.93. The maximum atomic E-state index is 10.4. The summed E-state index contributed by atoms with van der Waals surface area (Å²) in [5.41, 5.74) is 2.17. The van der Waals surface area contributed by atoms with Crippen molar-refractivity contribution in [1.29, 1.82) is 0 Å². The summed E-state index contributed by atoms with van der Waals surface area (Å²) in [4.78, 5) is 13.5. The Kier molecular flexibility index (Phi) is 3.96. The van der Waals surface area contributed by atoms with Crippen LogP contribution in [0.2, 0.25) is 0 Å². The Morgan fingerprint density at radius 2 is 2.17 bits per heavy atom. The van der Waals surface area contributed by atoms with Crippen LogP contribution < -0.4 is 5.32 Å². The first-order valence-electron chi connectivity index (χ1n) is 5.82. The first kappa shape index (κ1) is 12.6. The lowest BCUT2D eigenvalue weighted by atomic mass is 10.1. The van der Waals surface area contributed by atoms with Crippen molar-refractivity contribution in [2.45, 2.75) is 19.1 Å². The van der Waals surface area contributed by atoms with Crippen molar-refractivity contribution >= 4 is 16.9 Å². The molecule has 5 heteroatoms. The molecule has 2 rings (SSSR count). The Balaban J connectivity index is 1.89. The Labute approximate surface area is 104 Å². The van der Waals surface area contributed by atoms with Crippen molar-refractivity contribution in [3.05, 3.63) is 36.0 Å². The number of benzene rings is 1. The summed E-state index contributed by atoms with van der Waals surface area (Å²) in [5, 5.41) is 22.1. The number of aromatic amines is 1. The Morgan fingerprint density at radius 3 is 2.94 bits per heavy atom. The summed E-state index contributed by atoms with van der Waals surface area (Å²) in [6, 6.07) is 7.96. The molecule has 0 aliphatic carbocycles. The summed E-state index contributed by atoms with van der Waals surface area (Å²) in [5.74, 6) is -0.989. The van der Waals surface area contributed by atoms with Crippen LogP contribution in [0.5, 0.6) is 0 Å². The number of aliphatic hydroxyl groups excluding tert-OH is 1. The number of aliphatic carboxylic acids is 1. The average Bonchev–Trinajstić information content (AvgIpc) is 2.72. The van der Waals surface area contributed by atoms with Crippen LogP contribution in [0.25, 0.3) is 10.9 Å². The van der Waals surface area contributed by atoms with E-state index in [1.165, 1.54) is 0 Å². The number of carbonyl (C=O) groups is 1. The van der Waals surface area contributed by atoms with Gasteiger partial charge in [-0.2, -0.15) is 0 Å². The number of hydrogen-bond donors (Lipinski definition) is 4. The predicted octanol–water partition coefficient (Wildman–Crippen LogP) is 1.09.